The zero-order valence-corrected chi connectivity index (χ0v) is 18.8. The van der Waals surface area contributed by atoms with Crippen LogP contribution in [0.25, 0.3) is 0 Å². The van der Waals surface area contributed by atoms with Gasteiger partial charge in [0.15, 0.2) is 12.2 Å². The second kappa shape index (κ2) is 11.4. The van der Waals surface area contributed by atoms with Crippen molar-refractivity contribution in [1.29, 1.82) is 0 Å². The summed E-state index contributed by atoms with van der Waals surface area (Å²) in [5, 5.41) is 34.1. The van der Waals surface area contributed by atoms with Gasteiger partial charge < -0.3 is 30.6 Å². The van der Waals surface area contributed by atoms with Crippen LogP contribution in [0.15, 0.2) is 18.2 Å². The molecule has 0 spiro atoms. The summed E-state index contributed by atoms with van der Waals surface area (Å²) in [6, 6.07) is 6.74. The van der Waals surface area contributed by atoms with Crippen molar-refractivity contribution < 1.29 is 34.5 Å². The number of nitrogens with two attached hydrogens (primary N) is 1. The number of carboxylic acids is 2. The van der Waals surface area contributed by atoms with Crippen LogP contribution in [0.4, 0.5) is 0 Å². The summed E-state index contributed by atoms with van der Waals surface area (Å²) < 4.78 is 1.20. The lowest BCUT2D eigenvalue weighted by Crippen LogP contribution is -2.52. The number of halogens is 2. The first-order chi connectivity index (χ1) is 14.6. The molecule has 1 heterocycles. The van der Waals surface area contributed by atoms with Crippen molar-refractivity contribution in [2.24, 2.45) is 11.7 Å². The Labute approximate surface area is 191 Å². The van der Waals surface area contributed by atoms with Gasteiger partial charge >= 0.3 is 11.9 Å². The molecule has 31 heavy (non-hydrogen) atoms. The zero-order valence-electron chi connectivity index (χ0n) is 17.3. The van der Waals surface area contributed by atoms with Crippen molar-refractivity contribution in [2.45, 2.75) is 56.9 Å². The number of nitrogens with zero attached hydrogens (tertiary/aromatic N) is 1. The molecule has 0 radical (unpaired) electrons. The van der Waals surface area contributed by atoms with E-state index < -0.39 is 24.1 Å². The highest BCUT2D eigenvalue weighted by atomic mass is 35.5. The van der Waals surface area contributed by atoms with E-state index in [1.54, 1.807) is 0 Å². The molecule has 3 unspecified atom stereocenters. The van der Waals surface area contributed by atoms with E-state index in [4.69, 9.17) is 49.4 Å². The summed E-state index contributed by atoms with van der Waals surface area (Å²) in [7, 11) is 0. The molecule has 0 aromatic heterocycles. The number of likely N-dealkylation sites (tertiary alicyclic amines) is 1. The molecule has 1 aromatic carbocycles. The number of quaternary nitrogens is 1. The summed E-state index contributed by atoms with van der Waals surface area (Å²) in [6.07, 6.45) is 2.22. The van der Waals surface area contributed by atoms with Crippen LogP contribution in [-0.2, 0) is 16.1 Å². The Bertz CT molecular complexity index is 756. The average Bonchev–Trinajstić information content (AvgIpc) is 3.40. The summed E-state index contributed by atoms with van der Waals surface area (Å²) in [4.78, 5) is 19.5. The van der Waals surface area contributed by atoms with Crippen LogP contribution in [0, 0.1) is 5.92 Å². The number of aliphatic hydroxyl groups is 2. The topological polar surface area (TPSA) is 141 Å². The Balaban J connectivity index is 0.000000291. The van der Waals surface area contributed by atoms with Crippen LogP contribution >= 0.6 is 23.2 Å². The van der Waals surface area contributed by atoms with Gasteiger partial charge in [0.1, 0.15) is 6.54 Å². The van der Waals surface area contributed by atoms with E-state index >= 15 is 0 Å². The maximum absolute atomic E-state index is 9.77. The van der Waals surface area contributed by atoms with Gasteiger partial charge in [-0.25, -0.2) is 9.59 Å². The molecule has 1 aliphatic carbocycles. The Hall–Kier alpha value is -1.42. The predicted octanol–water partition coefficient (Wildman–Crippen LogP) is 2.11. The van der Waals surface area contributed by atoms with Gasteiger partial charge in [0.25, 0.3) is 0 Å². The number of carboxylic acid groups (broad SMARTS) is 2. The molecule has 1 aliphatic heterocycles. The molecule has 2 fully saturated rings. The zero-order chi connectivity index (χ0) is 23.2. The van der Waals surface area contributed by atoms with E-state index in [1.807, 2.05) is 12.1 Å². The largest absolute Gasteiger partial charge is 0.479 e. The van der Waals surface area contributed by atoms with E-state index in [2.05, 4.69) is 6.07 Å². The fourth-order valence-electron chi connectivity index (χ4n) is 4.64. The molecule has 10 heteroatoms. The first-order valence-electron chi connectivity index (χ1n) is 10.4. The van der Waals surface area contributed by atoms with Crippen molar-refractivity contribution in [3.63, 3.8) is 0 Å². The van der Waals surface area contributed by atoms with E-state index in [0.29, 0.717) is 5.92 Å². The lowest BCUT2D eigenvalue weighted by Gasteiger charge is -2.41. The second-order valence-electron chi connectivity index (χ2n) is 8.41. The Kier molecular flexibility index (Phi) is 9.54. The third kappa shape index (κ3) is 6.78. The van der Waals surface area contributed by atoms with Gasteiger partial charge in [-0.15, -0.1) is 0 Å². The van der Waals surface area contributed by atoms with Crippen molar-refractivity contribution >= 4 is 35.1 Å². The lowest BCUT2D eigenvalue weighted by molar-refractivity contribution is -0.953. The van der Waals surface area contributed by atoms with E-state index in [9.17, 15) is 9.59 Å². The third-order valence-electron chi connectivity index (χ3n) is 6.34. The molecule has 0 bridgehead atoms. The van der Waals surface area contributed by atoms with Crippen molar-refractivity contribution in [2.75, 3.05) is 19.6 Å². The lowest BCUT2D eigenvalue weighted by atomic mass is 10.1. The molecular weight excluding hydrogens is 447 g/mol. The highest BCUT2D eigenvalue weighted by molar-refractivity contribution is 6.35. The Morgan fingerprint density at radius 2 is 1.65 bits per heavy atom. The third-order valence-corrected chi connectivity index (χ3v) is 6.93. The van der Waals surface area contributed by atoms with Crippen molar-refractivity contribution in [3.05, 3.63) is 33.8 Å². The molecule has 8 nitrogen and oxygen atoms in total. The Morgan fingerprint density at radius 3 is 2.10 bits per heavy atom. The highest BCUT2D eigenvalue weighted by Gasteiger charge is 2.44. The van der Waals surface area contributed by atoms with E-state index in [0.717, 1.165) is 29.2 Å². The quantitative estimate of drug-likeness (QED) is 0.378. The number of aliphatic carboxylic acids is 2. The van der Waals surface area contributed by atoms with Gasteiger partial charge in [0.05, 0.1) is 24.2 Å². The second-order valence-corrected chi connectivity index (χ2v) is 9.26. The summed E-state index contributed by atoms with van der Waals surface area (Å²) in [6.45, 7) is 4.34. The van der Waals surface area contributed by atoms with Gasteiger partial charge in [0.2, 0.25) is 0 Å². The molecule has 3 rings (SSSR count). The van der Waals surface area contributed by atoms with E-state index in [-0.39, 0.29) is 0 Å². The molecule has 2 aliphatic rings. The van der Waals surface area contributed by atoms with Crippen molar-refractivity contribution in [1.82, 2.24) is 0 Å². The standard InChI is InChI=1S/C17H25Cl2N2.C4H6O6/c18-15-6-5-14(17(19)9-15)12-21(16-3-1-2-4-16)8-7-13(10-20)11-21;5-1(3(7)8)2(6)4(9)10/h5-6,9,13,16H,1-4,7-8,10-12,20H2;1-2,5-6H,(H,7,8)(H,9,10)/q+1;/t13-,21?;/m0./s1. The van der Waals surface area contributed by atoms with Gasteiger partial charge in [-0.3, -0.25) is 0 Å². The number of aliphatic hydroxyl groups excluding tert-OH is 2. The minimum absolute atomic E-state index is 0.677. The molecule has 4 atom stereocenters. The monoisotopic (exact) mass is 477 g/mol. The maximum atomic E-state index is 9.77. The van der Waals surface area contributed by atoms with Crippen molar-refractivity contribution in [3.8, 4) is 0 Å². The minimum atomic E-state index is -2.27. The molecule has 1 aromatic rings. The number of hydrogen-bond donors (Lipinski definition) is 5. The Morgan fingerprint density at radius 1 is 1.06 bits per heavy atom. The van der Waals surface area contributed by atoms with E-state index in [1.165, 1.54) is 55.2 Å². The van der Waals surface area contributed by atoms with Gasteiger partial charge in [0, 0.05) is 29.5 Å². The molecular formula is C21H31Cl2N2O6+. The molecule has 174 valence electrons. The average molecular weight is 478 g/mol. The number of hydrogen-bond acceptors (Lipinski definition) is 5. The molecule has 1 saturated heterocycles. The van der Waals surface area contributed by atoms with Crippen LogP contribution in [0.2, 0.25) is 10.0 Å². The van der Waals surface area contributed by atoms with Crippen LogP contribution in [0.3, 0.4) is 0 Å². The first kappa shape index (κ1) is 25.8. The van der Waals surface area contributed by atoms with Crippen LogP contribution in [-0.4, -0.2) is 74.7 Å². The first-order valence-corrected chi connectivity index (χ1v) is 11.2. The van der Waals surface area contributed by atoms with Gasteiger partial charge in [-0.1, -0.05) is 29.3 Å². The fourth-order valence-corrected chi connectivity index (χ4v) is 5.11. The highest BCUT2D eigenvalue weighted by Crippen LogP contribution is 2.38. The SMILES string of the molecule is NC[C@@H]1CC[N+](Cc2ccc(Cl)cc2Cl)(C2CCCC2)C1.O=C(O)C(O)C(O)C(=O)O. The number of benzene rings is 1. The molecule has 0 amide bonds. The predicted molar refractivity (Wildman–Crippen MR) is 117 cm³/mol. The molecule has 1 saturated carbocycles. The number of rotatable bonds is 7. The summed E-state index contributed by atoms with van der Waals surface area (Å²) in [5.41, 5.74) is 7.18. The van der Waals surface area contributed by atoms with Crippen LogP contribution < -0.4 is 5.73 Å². The van der Waals surface area contributed by atoms with Crippen LogP contribution in [0.1, 0.15) is 37.7 Å². The summed E-state index contributed by atoms with van der Waals surface area (Å²) >= 11 is 12.5. The minimum Gasteiger partial charge on any atom is -0.479 e. The van der Waals surface area contributed by atoms with Crippen LogP contribution in [0.5, 0.6) is 0 Å². The number of carbonyl (C=O) groups is 2. The van der Waals surface area contributed by atoms with Gasteiger partial charge in [-0.2, -0.15) is 0 Å². The normalized spacial score (nSPS) is 25.5. The summed E-state index contributed by atoms with van der Waals surface area (Å²) in [5.74, 6) is -2.86. The fraction of sp³-hybridized carbons (Fsp3) is 0.619. The van der Waals surface area contributed by atoms with Gasteiger partial charge in [-0.05, 0) is 37.8 Å². The smallest absolute Gasteiger partial charge is 0.335 e. The maximum Gasteiger partial charge on any atom is 0.335 e. The molecule has 6 N–H and O–H groups in total.